The van der Waals surface area contributed by atoms with Crippen LogP contribution in [0.1, 0.15) is 44.9 Å². The number of unbranched alkanes of at least 4 members (excludes halogenated alkanes) is 4. The van der Waals surface area contributed by atoms with Crippen molar-refractivity contribution in [2.24, 2.45) is 0 Å². The molecule has 0 aromatic rings. The molecule has 0 unspecified atom stereocenters. The van der Waals surface area contributed by atoms with Gasteiger partial charge in [0.25, 0.3) is 0 Å². The van der Waals surface area contributed by atoms with Crippen LogP contribution in [0, 0.1) is 0 Å². The lowest BCUT2D eigenvalue weighted by molar-refractivity contribution is -0.136. The number of carbonyl (C=O) groups is 2. The fourth-order valence-electron chi connectivity index (χ4n) is 1.46. The Hall–Kier alpha value is -1.58. The van der Waals surface area contributed by atoms with E-state index in [1.165, 1.54) is 6.08 Å². The van der Waals surface area contributed by atoms with Crippen molar-refractivity contribution >= 4 is 11.9 Å². The molecule has 0 aromatic carbocycles. The number of aliphatic carboxylic acids is 2. The van der Waals surface area contributed by atoms with E-state index in [0.717, 1.165) is 32.1 Å². The Morgan fingerprint density at radius 2 is 1.71 bits per heavy atom. The van der Waals surface area contributed by atoms with Gasteiger partial charge >= 0.3 is 11.9 Å². The van der Waals surface area contributed by atoms with Crippen LogP contribution in [-0.2, 0) is 9.59 Å². The van der Waals surface area contributed by atoms with Crippen molar-refractivity contribution in [2.45, 2.75) is 44.9 Å². The largest absolute Gasteiger partial charge is 0.481 e. The molecule has 17 heavy (non-hydrogen) atoms. The quantitative estimate of drug-likeness (QED) is 0.349. The molecule has 0 aliphatic rings. The number of allylic oxidation sites excluding steroid dienone is 1. The number of hydrogen-bond acceptors (Lipinski definition) is 2. The van der Waals surface area contributed by atoms with Gasteiger partial charge in [-0.3, -0.25) is 4.79 Å². The van der Waals surface area contributed by atoms with E-state index in [1.807, 2.05) is 6.08 Å². The zero-order chi connectivity index (χ0) is 13.1. The van der Waals surface area contributed by atoms with Gasteiger partial charge in [0.05, 0.1) is 6.42 Å². The van der Waals surface area contributed by atoms with E-state index in [1.54, 1.807) is 0 Å². The highest BCUT2D eigenvalue weighted by Crippen LogP contribution is 2.12. The van der Waals surface area contributed by atoms with Gasteiger partial charge in [-0.15, -0.1) is 6.58 Å². The summed E-state index contributed by atoms with van der Waals surface area (Å²) in [6.45, 7) is 3.63. The molecule has 96 valence electrons. The highest BCUT2D eigenvalue weighted by atomic mass is 16.4. The molecule has 0 heterocycles. The Bertz CT molecular complexity index is 292. The molecule has 0 radical (unpaired) electrons. The van der Waals surface area contributed by atoms with E-state index in [9.17, 15) is 9.59 Å². The van der Waals surface area contributed by atoms with Crippen molar-refractivity contribution in [2.75, 3.05) is 0 Å². The number of rotatable bonds is 10. The molecule has 0 aliphatic heterocycles. The van der Waals surface area contributed by atoms with Crippen molar-refractivity contribution in [1.29, 1.82) is 0 Å². The minimum Gasteiger partial charge on any atom is -0.481 e. The molecule has 2 N–H and O–H groups in total. The van der Waals surface area contributed by atoms with Gasteiger partial charge in [0, 0.05) is 5.57 Å². The molecule has 0 aliphatic carbocycles. The average Bonchev–Trinajstić information content (AvgIpc) is 2.26. The fourth-order valence-corrected chi connectivity index (χ4v) is 1.46. The van der Waals surface area contributed by atoms with Gasteiger partial charge in [-0.25, -0.2) is 4.79 Å². The molecule has 0 saturated carbocycles. The smallest absolute Gasteiger partial charge is 0.331 e. The summed E-state index contributed by atoms with van der Waals surface area (Å²) in [6, 6.07) is 0. The molecule has 0 spiro atoms. The van der Waals surface area contributed by atoms with E-state index in [4.69, 9.17) is 10.2 Å². The second kappa shape index (κ2) is 9.63. The Morgan fingerprint density at radius 3 is 2.24 bits per heavy atom. The Balaban J connectivity index is 3.86. The van der Waals surface area contributed by atoms with Crippen molar-refractivity contribution in [1.82, 2.24) is 0 Å². The molecule has 0 bridgehead atoms. The van der Waals surface area contributed by atoms with Crippen LogP contribution in [0.15, 0.2) is 24.3 Å². The summed E-state index contributed by atoms with van der Waals surface area (Å²) >= 11 is 0. The van der Waals surface area contributed by atoms with E-state index in [0.29, 0.717) is 6.42 Å². The van der Waals surface area contributed by atoms with Crippen LogP contribution in [0.2, 0.25) is 0 Å². The predicted octanol–water partition coefficient (Wildman–Crippen LogP) is 3.00. The van der Waals surface area contributed by atoms with Crippen LogP contribution in [-0.4, -0.2) is 22.2 Å². The van der Waals surface area contributed by atoms with Crippen LogP contribution >= 0.6 is 0 Å². The lowest BCUT2D eigenvalue weighted by atomic mass is 10.0. The SMILES string of the molecule is C=CCCCCCC/C(=C/CC(=O)O)C(=O)O. The molecule has 0 rings (SSSR count). The molecule has 0 fully saturated rings. The summed E-state index contributed by atoms with van der Waals surface area (Å²) < 4.78 is 0. The topological polar surface area (TPSA) is 74.6 Å². The van der Waals surface area contributed by atoms with Crippen molar-refractivity contribution in [3.05, 3.63) is 24.3 Å². The monoisotopic (exact) mass is 240 g/mol. The van der Waals surface area contributed by atoms with Gasteiger partial charge in [-0.1, -0.05) is 25.0 Å². The molecule has 0 saturated heterocycles. The first-order valence-electron chi connectivity index (χ1n) is 5.83. The van der Waals surface area contributed by atoms with Crippen molar-refractivity contribution in [3.63, 3.8) is 0 Å². The zero-order valence-electron chi connectivity index (χ0n) is 10.0. The maximum absolute atomic E-state index is 10.8. The summed E-state index contributed by atoms with van der Waals surface area (Å²) in [5, 5.41) is 17.3. The van der Waals surface area contributed by atoms with Gasteiger partial charge < -0.3 is 10.2 Å². The summed E-state index contributed by atoms with van der Waals surface area (Å²) in [7, 11) is 0. The van der Waals surface area contributed by atoms with Crippen LogP contribution in [0.5, 0.6) is 0 Å². The molecule has 0 amide bonds. The van der Waals surface area contributed by atoms with Crippen LogP contribution in [0.25, 0.3) is 0 Å². The second-order valence-electron chi connectivity index (χ2n) is 3.87. The lowest BCUT2D eigenvalue weighted by Crippen LogP contribution is -2.02. The molecule has 4 nitrogen and oxygen atoms in total. The van der Waals surface area contributed by atoms with Crippen molar-refractivity contribution in [3.8, 4) is 0 Å². The third-order valence-corrected chi connectivity index (χ3v) is 2.40. The molecular formula is C13H20O4. The highest BCUT2D eigenvalue weighted by Gasteiger charge is 2.07. The Labute approximate surface area is 102 Å². The normalized spacial score (nSPS) is 11.2. The number of hydrogen-bond donors (Lipinski definition) is 2. The third kappa shape index (κ3) is 9.35. The minimum atomic E-state index is -1.02. The first kappa shape index (κ1) is 15.4. The summed E-state index contributed by atoms with van der Waals surface area (Å²) in [5.74, 6) is -2.02. The number of carboxylic acids is 2. The van der Waals surface area contributed by atoms with Crippen molar-refractivity contribution < 1.29 is 19.8 Å². The van der Waals surface area contributed by atoms with E-state index in [2.05, 4.69) is 6.58 Å². The molecule has 0 atom stereocenters. The maximum Gasteiger partial charge on any atom is 0.331 e. The first-order valence-corrected chi connectivity index (χ1v) is 5.83. The fraction of sp³-hybridized carbons (Fsp3) is 0.538. The summed E-state index contributed by atoms with van der Waals surface area (Å²) in [4.78, 5) is 21.1. The number of carboxylic acid groups (broad SMARTS) is 2. The Morgan fingerprint density at radius 1 is 1.06 bits per heavy atom. The highest BCUT2D eigenvalue weighted by molar-refractivity contribution is 5.87. The van der Waals surface area contributed by atoms with Gasteiger partial charge in [0.1, 0.15) is 0 Å². The second-order valence-corrected chi connectivity index (χ2v) is 3.87. The van der Waals surface area contributed by atoms with Gasteiger partial charge in [-0.2, -0.15) is 0 Å². The maximum atomic E-state index is 10.8. The van der Waals surface area contributed by atoms with Crippen LogP contribution in [0.4, 0.5) is 0 Å². The Kier molecular flexibility index (Phi) is 8.74. The minimum absolute atomic E-state index is 0.205. The molecular weight excluding hydrogens is 220 g/mol. The van der Waals surface area contributed by atoms with Gasteiger partial charge in [0.15, 0.2) is 0 Å². The summed E-state index contributed by atoms with van der Waals surface area (Å²) in [5.41, 5.74) is 0.205. The van der Waals surface area contributed by atoms with E-state index >= 15 is 0 Å². The molecule has 4 heteroatoms. The van der Waals surface area contributed by atoms with Crippen LogP contribution in [0.3, 0.4) is 0 Å². The molecule has 0 aromatic heterocycles. The van der Waals surface area contributed by atoms with Crippen LogP contribution < -0.4 is 0 Å². The third-order valence-electron chi connectivity index (χ3n) is 2.40. The summed E-state index contributed by atoms with van der Waals surface area (Å²) in [6.07, 6.45) is 8.24. The van der Waals surface area contributed by atoms with Gasteiger partial charge in [0.2, 0.25) is 0 Å². The van der Waals surface area contributed by atoms with E-state index in [-0.39, 0.29) is 12.0 Å². The standard InChI is InChI=1S/C13H20O4/c1-2-3-4-5-6-7-8-11(13(16)17)9-10-12(14)15/h2,9H,1,3-8,10H2,(H,14,15)(H,16,17)/b11-9-. The lowest BCUT2D eigenvalue weighted by Gasteiger charge is -2.02. The average molecular weight is 240 g/mol. The predicted molar refractivity (Wildman–Crippen MR) is 65.9 cm³/mol. The zero-order valence-corrected chi connectivity index (χ0v) is 10.0. The van der Waals surface area contributed by atoms with Gasteiger partial charge in [-0.05, 0) is 25.7 Å². The first-order chi connectivity index (χ1) is 8.07. The van der Waals surface area contributed by atoms with E-state index < -0.39 is 11.9 Å².